The molecule has 1 aromatic rings. The van der Waals surface area contributed by atoms with Crippen molar-refractivity contribution in [3.63, 3.8) is 0 Å². The molecule has 0 N–H and O–H groups in total. The van der Waals surface area contributed by atoms with Gasteiger partial charge in [0.2, 0.25) is 0 Å². The van der Waals surface area contributed by atoms with Gasteiger partial charge in [0.1, 0.15) is 0 Å². The standard InChI is InChI=1S/C7H3F7S/c8-5(9,4-2-1-3-15-4)6(10,11)7(12,13)14/h1-3H. The normalized spacial score (nSPS) is 14.3. The largest absolute Gasteiger partial charge is 0.460 e. The summed E-state index contributed by atoms with van der Waals surface area (Å²) in [5.74, 6) is -11.3. The van der Waals surface area contributed by atoms with Crippen molar-refractivity contribution in [2.45, 2.75) is 18.0 Å². The van der Waals surface area contributed by atoms with Crippen LogP contribution in [0, 0.1) is 0 Å². The van der Waals surface area contributed by atoms with Crippen LogP contribution in [0.3, 0.4) is 0 Å². The van der Waals surface area contributed by atoms with E-state index < -0.39 is 22.9 Å². The molecule has 0 unspecified atom stereocenters. The molecular formula is C7H3F7S. The molecule has 0 aliphatic carbocycles. The van der Waals surface area contributed by atoms with Crippen molar-refractivity contribution >= 4 is 11.3 Å². The quantitative estimate of drug-likeness (QED) is 0.697. The first-order chi connectivity index (χ1) is 6.61. The van der Waals surface area contributed by atoms with Crippen LogP contribution in [-0.4, -0.2) is 12.1 Å². The van der Waals surface area contributed by atoms with E-state index in [-0.39, 0.29) is 11.3 Å². The van der Waals surface area contributed by atoms with Crippen LogP contribution in [0.5, 0.6) is 0 Å². The van der Waals surface area contributed by atoms with Crippen molar-refractivity contribution in [2.24, 2.45) is 0 Å². The number of hydrogen-bond acceptors (Lipinski definition) is 1. The van der Waals surface area contributed by atoms with Crippen LogP contribution < -0.4 is 0 Å². The van der Waals surface area contributed by atoms with Gasteiger partial charge in [0.15, 0.2) is 0 Å². The van der Waals surface area contributed by atoms with Crippen molar-refractivity contribution in [2.75, 3.05) is 0 Å². The third kappa shape index (κ3) is 1.82. The summed E-state index contributed by atoms with van der Waals surface area (Å²) in [4.78, 5) is -1.31. The average molecular weight is 252 g/mol. The Hall–Kier alpha value is -0.790. The highest BCUT2D eigenvalue weighted by Crippen LogP contribution is 2.52. The second kappa shape index (κ2) is 3.36. The average Bonchev–Trinajstić information content (AvgIpc) is 2.53. The third-order valence-corrected chi connectivity index (χ3v) is 2.52. The van der Waals surface area contributed by atoms with Crippen molar-refractivity contribution in [1.29, 1.82) is 0 Å². The van der Waals surface area contributed by atoms with E-state index in [1.807, 2.05) is 0 Å². The number of rotatable bonds is 2. The molecule has 1 heterocycles. The molecule has 0 radical (unpaired) electrons. The molecule has 0 saturated heterocycles. The molecule has 0 aliphatic heterocycles. The molecule has 8 heteroatoms. The molecule has 0 amide bonds. The van der Waals surface area contributed by atoms with Crippen molar-refractivity contribution in [1.82, 2.24) is 0 Å². The highest BCUT2D eigenvalue weighted by molar-refractivity contribution is 7.10. The van der Waals surface area contributed by atoms with Gasteiger partial charge in [0.05, 0.1) is 4.88 Å². The Morgan fingerprint density at radius 3 is 1.80 bits per heavy atom. The number of thiophene rings is 1. The van der Waals surface area contributed by atoms with Gasteiger partial charge in [-0.05, 0) is 11.4 Å². The Bertz CT molecular complexity index is 324. The van der Waals surface area contributed by atoms with Gasteiger partial charge in [-0.2, -0.15) is 30.7 Å². The lowest BCUT2D eigenvalue weighted by atomic mass is 10.1. The van der Waals surface area contributed by atoms with Gasteiger partial charge in [0.25, 0.3) is 0 Å². The molecular weight excluding hydrogens is 249 g/mol. The molecule has 0 fully saturated rings. The maximum Gasteiger partial charge on any atom is 0.460 e. The first-order valence-electron chi connectivity index (χ1n) is 3.47. The lowest BCUT2D eigenvalue weighted by Gasteiger charge is -2.27. The number of halogens is 7. The molecule has 0 saturated carbocycles. The molecule has 1 aromatic heterocycles. The van der Waals surface area contributed by atoms with Gasteiger partial charge in [-0.25, -0.2) is 0 Å². The Labute approximate surface area is 83.3 Å². The SMILES string of the molecule is FC(F)(F)C(F)(F)C(F)(F)c1cccs1. The van der Waals surface area contributed by atoms with E-state index in [4.69, 9.17) is 0 Å². The summed E-state index contributed by atoms with van der Waals surface area (Å²) in [7, 11) is 0. The van der Waals surface area contributed by atoms with Crippen LogP contribution in [0.15, 0.2) is 17.5 Å². The van der Waals surface area contributed by atoms with Crippen molar-refractivity contribution < 1.29 is 30.7 Å². The highest BCUT2D eigenvalue weighted by Gasteiger charge is 2.73. The zero-order chi connectivity index (χ0) is 11.9. The fourth-order valence-electron chi connectivity index (χ4n) is 0.790. The van der Waals surface area contributed by atoms with Crippen LogP contribution >= 0.6 is 11.3 Å². The molecule has 86 valence electrons. The summed E-state index contributed by atoms with van der Waals surface area (Å²) in [5.41, 5.74) is 0. The van der Waals surface area contributed by atoms with E-state index in [9.17, 15) is 30.7 Å². The van der Waals surface area contributed by atoms with Crippen LogP contribution in [0.4, 0.5) is 30.7 Å². The smallest absolute Gasteiger partial charge is 0.193 e. The number of hydrogen-bond donors (Lipinski definition) is 0. The molecule has 0 nitrogen and oxygen atoms in total. The van der Waals surface area contributed by atoms with E-state index in [1.54, 1.807) is 0 Å². The Morgan fingerprint density at radius 2 is 1.47 bits per heavy atom. The van der Waals surface area contributed by atoms with Crippen LogP contribution in [-0.2, 0) is 5.92 Å². The second-order valence-electron chi connectivity index (χ2n) is 2.62. The summed E-state index contributed by atoms with van der Waals surface area (Å²) in [6.07, 6.45) is -6.28. The zero-order valence-corrected chi connectivity index (χ0v) is 7.60. The van der Waals surface area contributed by atoms with E-state index in [1.165, 1.54) is 0 Å². The summed E-state index contributed by atoms with van der Waals surface area (Å²) in [6.45, 7) is 0. The van der Waals surface area contributed by atoms with Gasteiger partial charge in [-0.1, -0.05) is 6.07 Å². The fraction of sp³-hybridized carbons (Fsp3) is 0.429. The summed E-state index contributed by atoms with van der Waals surface area (Å²) >= 11 is 0.143. The fourth-order valence-corrected chi connectivity index (χ4v) is 1.53. The molecule has 0 aliphatic rings. The monoisotopic (exact) mass is 252 g/mol. The van der Waals surface area contributed by atoms with E-state index >= 15 is 0 Å². The molecule has 1 rings (SSSR count). The van der Waals surface area contributed by atoms with E-state index in [0.717, 1.165) is 11.4 Å². The van der Waals surface area contributed by atoms with E-state index in [2.05, 4.69) is 0 Å². The first-order valence-corrected chi connectivity index (χ1v) is 4.35. The van der Waals surface area contributed by atoms with Gasteiger partial charge in [0, 0.05) is 0 Å². The van der Waals surface area contributed by atoms with Gasteiger partial charge in [-0.3, -0.25) is 0 Å². The van der Waals surface area contributed by atoms with Crippen LogP contribution in [0.1, 0.15) is 4.88 Å². The Morgan fingerprint density at radius 1 is 0.933 bits per heavy atom. The van der Waals surface area contributed by atoms with Gasteiger partial charge < -0.3 is 0 Å². The van der Waals surface area contributed by atoms with Crippen molar-refractivity contribution in [3.8, 4) is 0 Å². The zero-order valence-electron chi connectivity index (χ0n) is 6.79. The third-order valence-electron chi connectivity index (χ3n) is 1.58. The Balaban J connectivity index is 3.17. The molecule has 0 atom stereocenters. The topological polar surface area (TPSA) is 0 Å². The predicted octanol–water partition coefficient (Wildman–Crippen LogP) is 4.04. The minimum Gasteiger partial charge on any atom is -0.193 e. The lowest BCUT2D eigenvalue weighted by molar-refractivity contribution is -0.358. The molecule has 0 spiro atoms. The second-order valence-corrected chi connectivity index (χ2v) is 3.57. The first kappa shape index (κ1) is 12.3. The van der Waals surface area contributed by atoms with Gasteiger partial charge >= 0.3 is 18.0 Å². The summed E-state index contributed by atoms with van der Waals surface area (Å²) < 4.78 is 85.5. The molecule has 0 bridgehead atoms. The lowest BCUT2D eigenvalue weighted by Crippen LogP contribution is -2.49. The minimum absolute atomic E-state index is 0.143. The Kier molecular flexibility index (Phi) is 2.75. The van der Waals surface area contributed by atoms with Crippen LogP contribution in [0.2, 0.25) is 0 Å². The number of alkyl halides is 7. The van der Waals surface area contributed by atoms with Gasteiger partial charge in [-0.15, -0.1) is 11.3 Å². The summed E-state index contributed by atoms with van der Waals surface area (Å²) in [5, 5.41) is 0.996. The van der Waals surface area contributed by atoms with Crippen LogP contribution in [0.25, 0.3) is 0 Å². The summed E-state index contributed by atoms with van der Waals surface area (Å²) in [6, 6.07) is 1.50. The predicted molar refractivity (Wildman–Crippen MR) is 39.2 cm³/mol. The molecule has 0 aromatic carbocycles. The van der Waals surface area contributed by atoms with Crippen molar-refractivity contribution in [3.05, 3.63) is 22.4 Å². The molecule has 15 heavy (non-hydrogen) atoms. The minimum atomic E-state index is -6.28. The highest BCUT2D eigenvalue weighted by atomic mass is 32.1. The van der Waals surface area contributed by atoms with E-state index in [0.29, 0.717) is 6.07 Å². The maximum atomic E-state index is 12.8. The maximum absolute atomic E-state index is 12.8.